The minimum Gasteiger partial charge on any atom is -0.496 e. The van der Waals surface area contributed by atoms with Crippen LogP contribution in [-0.2, 0) is 16.1 Å². The summed E-state index contributed by atoms with van der Waals surface area (Å²) in [5.74, 6) is 1.71. The van der Waals surface area contributed by atoms with Gasteiger partial charge < -0.3 is 29.6 Å². The van der Waals surface area contributed by atoms with E-state index in [1.54, 1.807) is 40.6 Å². The largest absolute Gasteiger partial charge is 0.496 e. The summed E-state index contributed by atoms with van der Waals surface area (Å²) in [5, 5.41) is 6.19. The number of hydrogen-bond donors (Lipinski definition) is 2. The minimum atomic E-state index is -0.780. The second kappa shape index (κ2) is 9.70. The van der Waals surface area contributed by atoms with Crippen molar-refractivity contribution in [2.24, 2.45) is 0 Å². The molecule has 0 radical (unpaired) electrons. The first kappa shape index (κ1) is 21.3. The molecule has 0 aromatic heterocycles. The Bertz CT molecular complexity index is 551. The number of halogens is 1. The second-order valence-corrected chi connectivity index (χ2v) is 5.64. The van der Waals surface area contributed by atoms with Crippen LogP contribution in [0.2, 0.25) is 0 Å². The summed E-state index contributed by atoms with van der Waals surface area (Å²) in [4.78, 5) is 12.7. The van der Waals surface area contributed by atoms with Gasteiger partial charge in [0.15, 0.2) is 0 Å². The van der Waals surface area contributed by atoms with E-state index in [9.17, 15) is 4.79 Å². The number of amides is 1. The van der Waals surface area contributed by atoms with Crippen LogP contribution < -0.4 is 24.8 Å². The van der Waals surface area contributed by atoms with Crippen molar-refractivity contribution in [2.45, 2.75) is 25.0 Å². The van der Waals surface area contributed by atoms with Crippen molar-refractivity contribution in [3.8, 4) is 17.2 Å². The Kier molecular flexibility index (Phi) is 8.28. The zero-order valence-corrected chi connectivity index (χ0v) is 16.0. The fourth-order valence-electron chi connectivity index (χ4n) is 2.94. The van der Waals surface area contributed by atoms with E-state index in [0.29, 0.717) is 30.1 Å². The number of piperidine rings is 1. The lowest BCUT2D eigenvalue weighted by Gasteiger charge is -2.34. The highest BCUT2D eigenvalue weighted by Gasteiger charge is 2.39. The molecule has 2 N–H and O–H groups in total. The molecule has 1 fully saturated rings. The van der Waals surface area contributed by atoms with Gasteiger partial charge in [-0.15, -0.1) is 12.4 Å². The quantitative estimate of drug-likeness (QED) is 0.753. The van der Waals surface area contributed by atoms with Crippen molar-refractivity contribution < 1.29 is 23.7 Å². The Labute approximate surface area is 154 Å². The van der Waals surface area contributed by atoms with Gasteiger partial charge in [0.1, 0.15) is 22.8 Å². The first-order valence-electron chi connectivity index (χ1n) is 7.93. The fourth-order valence-corrected chi connectivity index (χ4v) is 2.94. The number of methoxy groups -OCH3 is 4. The minimum absolute atomic E-state index is 0. The van der Waals surface area contributed by atoms with Crippen molar-refractivity contribution in [3.05, 3.63) is 17.7 Å². The third-order valence-corrected chi connectivity index (χ3v) is 4.46. The average Bonchev–Trinajstić information content (AvgIpc) is 2.65. The van der Waals surface area contributed by atoms with Gasteiger partial charge in [0.25, 0.3) is 5.91 Å². The molecule has 1 aliphatic heterocycles. The molecule has 0 saturated carbocycles. The predicted molar refractivity (Wildman–Crippen MR) is 97.0 cm³/mol. The van der Waals surface area contributed by atoms with Gasteiger partial charge in [-0.3, -0.25) is 4.79 Å². The predicted octanol–water partition coefficient (Wildman–Crippen LogP) is 1.52. The van der Waals surface area contributed by atoms with E-state index in [0.717, 1.165) is 18.7 Å². The molecule has 0 unspecified atom stereocenters. The first-order chi connectivity index (χ1) is 11.6. The van der Waals surface area contributed by atoms with E-state index in [4.69, 9.17) is 18.9 Å². The van der Waals surface area contributed by atoms with Crippen molar-refractivity contribution in [1.82, 2.24) is 10.6 Å². The molecule has 1 aliphatic rings. The molecular formula is C17H27ClN2O5. The summed E-state index contributed by atoms with van der Waals surface area (Å²) in [6.45, 7) is 1.81. The summed E-state index contributed by atoms with van der Waals surface area (Å²) in [7, 11) is 6.31. The molecular weight excluding hydrogens is 348 g/mol. The molecule has 1 saturated heterocycles. The monoisotopic (exact) mass is 374 g/mol. The molecule has 0 bridgehead atoms. The van der Waals surface area contributed by atoms with Gasteiger partial charge in [-0.1, -0.05) is 0 Å². The van der Waals surface area contributed by atoms with Gasteiger partial charge in [0.2, 0.25) is 0 Å². The topological polar surface area (TPSA) is 78.1 Å². The summed E-state index contributed by atoms with van der Waals surface area (Å²) in [5.41, 5.74) is -0.0209. The highest BCUT2D eigenvalue weighted by molar-refractivity contribution is 5.85. The maximum Gasteiger partial charge on any atom is 0.252 e. The molecule has 1 aromatic rings. The van der Waals surface area contributed by atoms with E-state index in [1.165, 1.54) is 0 Å². The number of nitrogens with one attached hydrogen (secondary N) is 2. The van der Waals surface area contributed by atoms with Gasteiger partial charge in [-0.2, -0.15) is 0 Å². The molecule has 142 valence electrons. The standard InChI is InChI=1S/C17H26N2O5.ClH/c1-21-12-9-14(22-2)13(15(10-12)23-3)11-19-16(20)17(24-4)5-7-18-8-6-17;/h9-10,18H,5-8,11H2,1-4H3,(H,19,20);1H. The maximum absolute atomic E-state index is 12.7. The average molecular weight is 375 g/mol. The summed E-state index contributed by atoms with van der Waals surface area (Å²) >= 11 is 0. The van der Waals surface area contributed by atoms with Crippen LogP contribution in [0.3, 0.4) is 0 Å². The van der Waals surface area contributed by atoms with Crippen molar-refractivity contribution in [2.75, 3.05) is 41.5 Å². The summed E-state index contributed by atoms with van der Waals surface area (Å²) in [6, 6.07) is 3.53. The lowest BCUT2D eigenvalue weighted by molar-refractivity contribution is -0.146. The molecule has 0 atom stereocenters. The van der Waals surface area contributed by atoms with Crippen LogP contribution in [-0.4, -0.2) is 53.0 Å². The smallest absolute Gasteiger partial charge is 0.252 e. The van der Waals surface area contributed by atoms with Crippen LogP contribution >= 0.6 is 12.4 Å². The van der Waals surface area contributed by atoms with Crippen molar-refractivity contribution >= 4 is 18.3 Å². The Morgan fingerprint density at radius 2 is 1.64 bits per heavy atom. The third kappa shape index (κ3) is 4.68. The summed E-state index contributed by atoms with van der Waals surface area (Å²) in [6.07, 6.45) is 1.29. The van der Waals surface area contributed by atoms with Crippen molar-refractivity contribution in [3.63, 3.8) is 0 Å². The lowest BCUT2D eigenvalue weighted by Crippen LogP contribution is -2.53. The fraction of sp³-hybridized carbons (Fsp3) is 0.588. The van der Waals surface area contributed by atoms with Gasteiger partial charge in [0.05, 0.1) is 33.4 Å². The number of ether oxygens (including phenoxy) is 4. The van der Waals surface area contributed by atoms with E-state index < -0.39 is 5.60 Å². The first-order valence-corrected chi connectivity index (χ1v) is 7.93. The molecule has 8 heteroatoms. The number of hydrogen-bond acceptors (Lipinski definition) is 6. The number of carbonyl (C=O) groups excluding carboxylic acids is 1. The molecule has 0 aliphatic carbocycles. The molecule has 1 aromatic carbocycles. The van der Waals surface area contributed by atoms with Crippen LogP contribution in [0.1, 0.15) is 18.4 Å². The van der Waals surface area contributed by atoms with Crippen LogP contribution in [0.15, 0.2) is 12.1 Å². The number of benzene rings is 1. The third-order valence-electron chi connectivity index (χ3n) is 4.46. The SMILES string of the molecule is COc1cc(OC)c(CNC(=O)C2(OC)CCNCC2)c(OC)c1.Cl. The van der Waals surface area contributed by atoms with E-state index >= 15 is 0 Å². The molecule has 1 heterocycles. The van der Waals surface area contributed by atoms with Crippen LogP contribution in [0.4, 0.5) is 0 Å². The molecule has 25 heavy (non-hydrogen) atoms. The maximum atomic E-state index is 12.7. The molecule has 7 nitrogen and oxygen atoms in total. The van der Waals surface area contributed by atoms with Crippen LogP contribution in [0.25, 0.3) is 0 Å². The Morgan fingerprint density at radius 3 is 2.08 bits per heavy atom. The molecule has 2 rings (SSSR count). The number of carbonyl (C=O) groups is 1. The zero-order valence-electron chi connectivity index (χ0n) is 15.1. The van der Waals surface area contributed by atoms with Crippen molar-refractivity contribution in [1.29, 1.82) is 0 Å². The zero-order chi connectivity index (χ0) is 17.6. The molecule has 0 spiro atoms. The normalized spacial score (nSPS) is 15.7. The van der Waals surface area contributed by atoms with E-state index in [1.807, 2.05) is 0 Å². The van der Waals surface area contributed by atoms with E-state index in [-0.39, 0.29) is 24.9 Å². The Hall–Kier alpha value is -1.70. The van der Waals surface area contributed by atoms with Gasteiger partial charge >= 0.3 is 0 Å². The number of rotatable bonds is 7. The second-order valence-electron chi connectivity index (χ2n) is 5.64. The van der Waals surface area contributed by atoms with Gasteiger partial charge in [-0.05, 0) is 25.9 Å². The van der Waals surface area contributed by atoms with Gasteiger partial charge in [0, 0.05) is 19.2 Å². The summed E-state index contributed by atoms with van der Waals surface area (Å²) < 4.78 is 21.6. The highest BCUT2D eigenvalue weighted by atomic mass is 35.5. The van der Waals surface area contributed by atoms with E-state index in [2.05, 4.69) is 10.6 Å². The Morgan fingerprint density at radius 1 is 1.08 bits per heavy atom. The lowest BCUT2D eigenvalue weighted by atomic mass is 9.91. The Balaban J connectivity index is 0.00000312. The van der Waals surface area contributed by atoms with Crippen LogP contribution in [0, 0.1) is 0 Å². The van der Waals surface area contributed by atoms with Gasteiger partial charge in [-0.25, -0.2) is 0 Å². The van der Waals surface area contributed by atoms with Crippen LogP contribution in [0.5, 0.6) is 17.2 Å². The molecule has 1 amide bonds. The highest BCUT2D eigenvalue weighted by Crippen LogP contribution is 2.34.